The van der Waals surface area contributed by atoms with E-state index in [2.05, 4.69) is 32.8 Å². The summed E-state index contributed by atoms with van der Waals surface area (Å²) in [6.07, 6.45) is 5.77. The van der Waals surface area contributed by atoms with Crippen molar-refractivity contribution >= 4 is 35.8 Å². The van der Waals surface area contributed by atoms with E-state index in [1.807, 2.05) is 6.92 Å². The number of aliphatic imine (C=N–C) groups is 1. The van der Waals surface area contributed by atoms with E-state index < -0.39 is 5.60 Å². The monoisotopic (exact) mass is 481 g/mol. The highest BCUT2D eigenvalue weighted by atomic mass is 127. The zero-order valence-corrected chi connectivity index (χ0v) is 18.6. The molecule has 4 N–H and O–H groups in total. The Kier molecular flexibility index (Phi) is 10.8. The third kappa shape index (κ3) is 7.96. The van der Waals surface area contributed by atoms with Crippen molar-refractivity contribution in [2.45, 2.75) is 64.0 Å². The van der Waals surface area contributed by atoms with Crippen LogP contribution in [0.3, 0.4) is 0 Å². The summed E-state index contributed by atoms with van der Waals surface area (Å²) in [5, 5.41) is 19.9. The highest BCUT2D eigenvalue weighted by molar-refractivity contribution is 14.0. The Balaban J connectivity index is 0.00000338. The van der Waals surface area contributed by atoms with Crippen LogP contribution in [-0.4, -0.2) is 72.8 Å². The summed E-state index contributed by atoms with van der Waals surface area (Å²) in [4.78, 5) is 18.6. The molecule has 2 rings (SSSR count). The molecule has 2 fully saturated rings. The largest absolute Gasteiger partial charge is 0.388 e. The van der Waals surface area contributed by atoms with Crippen LogP contribution in [0.4, 0.5) is 0 Å². The lowest BCUT2D eigenvalue weighted by Crippen LogP contribution is -2.50. The molecule has 0 aromatic rings. The van der Waals surface area contributed by atoms with Gasteiger partial charge in [0.25, 0.3) is 0 Å². The van der Waals surface area contributed by atoms with Crippen LogP contribution in [0.25, 0.3) is 0 Å². The minimum Gasteiger partial charge on any atom is -0.388 e. The molecule has 7 nitrogen and oxygen atoms in total. The van der Waals surface area contributed by atoms with Crippen molar-refractivity contribution in [1.82, 2.24) is 20.9 Å². The van der Waals surface area contributed by atoms with Crippen molar-refractivity contribution in [3.8, 4) is 0 Å². The molecule has 1 aliphatic heterocycles. The van der Waals surface area contributed by atoms with E-state index in [9.17, 15) is 9.90 Å². The molecule has 26 heavy (non-hydrogen) atoms. The fourth-order valence-electron chi connectivity index (χ4n) is 3.24. The van der Waals surface area contributed by atoms with E-state index in [1.165, 1.54) is 0 Å². The van der Waals surface area contributed by atoms with Crippen molar-refractivity contribution in [2.75, 3.05) is 39.3 Å². The second-order valence-electron chi connectivity index (χ2n) is 7.32. The number of likely N-dealkylation sites (tertiary alicyclic amines) is 1. The molecule has 8 heteroatoms. The van der Waals surface area contributed by atoms with E-state index >= 15 is 0 Å². The lowest BCUT2D eigenvalue weighted by atomic mass is 9.80. The van der Waals surface area contributed by atoms with Gasteiger partial charge in [-0.25, -0.2) is 0 Å². The number of guanidine groups is 1. The van der Waals surface area contributed by atoms with Gasteiger partial charge in [-0.15, -0.1) is 24.0 Å². The van der Waals surface area contributed by atoms with Crippen molar-refractivity contribution < 1.29 is 9.90 Å². The average molecular weight is 481 g/mol. The van der Waals surface area contributed by atoms with Gasteiger partial charge in [-0.1, -0.05) is 6.92 Å². The lowest BCUT2D eigenvalue weighted by Gasteiger charge is -2.36. The first-order chi connectivity index (χ1) is 12.0. The molecule has 0 radical (unpaired) electrons. The molecule has 2 aliphatic rings. The first kappa shape index (κ1) is 23.4. The van der Waals surface area contributed by atoms with Crippen LogP contribution in [0.1, 0.15) is 52.4 Å². The summed E-state index contributed by atoms with van der Waals surface area (Å²) in [7, 11) is 0. The zero-order valence-electron chi connectivity index (χ0n) is 16.2. The van der Waals surface area contributed by atoms with E-state index in [-0.39, 0.29) is 29.9 Å². The molecule has 152 valence electrons. The zero-order chi connectivity index (χ0) is 18.1. The molecule has 1 saturated carbocycles. The highest BCUT2D eigenvalue weighted by Gasteiger charge is 2.34. The Bertz CT molecular complexity index is 449. The minimum atomic E-state index is -0.586. The highest BCUT2D eigenvalue weighted by Crippen LogP contribution is 2.31. The molecule has 1 amide bonds. The van der Waals surface area contributed by atoms with Gasteiger partial charge in [0.05, 0.1) is 18.7 Å². The van der Waals surface area contributed by atoms with Crippen molar-refractivity contribution in [1.29, 1.82) is 0 Å². The number of hydrogen-bond donors (Lipinski definition) is 4. The third-order valence-electron chi connectivity index (χ3n) is 5.03. The number of aliphatic hydroxyl groups is 1. The average Bonchev–Trinajstić information content (AvgIpc) is 2.58. The SMILES string of the molecule is CCCNC(=O)CN1CCC(NC(=NCC2(O)CCC2)NCC)CC1.I. The fraction of sp³-hybridized carbons (Fsp3) is 0.889. The fourth-order valence-corrected chi connectivity index (χ4v) is 3.24. The summed E-state index contributed by atoms with van der Waals surface area (Å²) >= 11 is 0. The standard InChI is InChI=1S/C18H35N5O2.HI/c1-3-10-20-16(24)13-23-11-6-15(7-12-23)22-17(19-4-2)21-14-18(25)8-5-9-18;/h15,25H,3-14H2,1-2H3,(H,20,24)(H2,19,21,22);1H. The third-order valence-corrected chi connectivity index (χ3v) is 5.03. The van der Waals surface area contributed by atoms with E-state index in [4.69, 9.17) is 0 Å². The van der Waals surface area contributed by atoms with Gasteiger partial charge in [0.1, 0.15) is 0 Å². The van der Waals surface area contributed by atoms with Crippen LogP contribution >= 0.6 is 24.0 Å². The number of carbonyl (C=O) groups is 1. The van der Waals surface area contributed by atoms with Gasteiger partial charge in [0.15, 0.2) is 5.96 Å². The van der Waals surface area contributed by atoms with Crippen molar-refractivity contribution in [3.63, 3.8) is 0 Å². The van der Waals surface area contributed by atoms with Crippen LogP contribution in [0.2, 0.25) is 0 Å². The molecular weight excluding hydrogens is 445 g/mol. The van der Waals surface area contributed by atoms with Crippen LogP contribution in [0.15, 0.2) is 4.99 Å². The number of nitrogens with zero attached hydrogens (tertiary/aromatic N) is 2. The van der Waals surface area contributed by atoms with E-state index in [1.54, 1.807) is 0 Å². The van der Waals surface area contributed by atoms with Gasteiger partial charge < -0.3 is 21.1 Å². The Morgan fingerprint density at radius 2 is 1.92 bits per heavy atom. The summed E-state index contributed by atoms with van der Waals surface area (Å²) in [6.45, 7) is 8.47. The molecule has 1 aliphatic carbocycles. The number of rotatable bonds is 8. The lowest BCUT2D eigenvalue weighted by molar-refractivity contribution is -0.122. The maximum absolute atomic E-state index is 11.8. The van der Waals surface area contributed by atoms with Crippen LogP contribution in [0, 0.1) is 0 Å². The van der Waals surface area contributed by atoms with Gasteiger partial charge >= 0.3 is 0 Å². The van der Waals surface area contributed by atoms with Crippen LogP contribution in [-0.2, 0) is 4.79 Å². The van der Waals surface area contributed by atoms with Crippen LogP contribution < -0.4 is 16.0 Å². The minimum absolute atomic E-state index is 0. The quantitative estimate of drug-likeness (QED) is 0.237. The van der Waals surface area contributed by atoms with Crippen molar-refractivity contribution in [2.24, 2.45) is 4.99 Å². The number of nitrogens with one attached hydrogen (secondary N) is 3. The van der Waals surface area contributed by atoms with Crippen LogP contribution in [0.5, 0.6) is 0 Å². The van der Waals surface area contributed by atoms with Gasteiger partial charge in [0, 0.05) is 32.2 Å². The summed E-state index contributed by atoms with van der Waals surface area (Å²) in [5.41, 5.74) is -0.586. The molecule has 1 saturated heterocycles. The van der Waals surface area contributed by atoms with Gasteiger partial charge in [-0.3, -0.25) is 14.7 Å². The molecule has 0 bridgehead atoms. The molecule has 0 aromatic carbocycles. The number of piperidine rings is 1. The van der Waals surface area contributed by atoms with Gasteiger partial charge in [-0.05, 0) is 45.4 Å². The van der Waals surface area contributed by atoms with Crippen molar-refractivity contribution in [3.05, 3.63) is 0 Å². The Labute approximate surface area is 174 Å². The maximum Gasteiger partial charge on any atom is 0.234 e. The first-order valence-electron chi connectivity index (χ1n) is 9.81. The Morgan fingerprint density at radius 3 is 2.46 bits per heavy atom. The normalized spacial score (nSPS) is 20.7. The second-order valence-corrected chi connectivity index (χ2v) is 7.32. The smallest absolute Gasteiger partial charge is 0.234 e. The van der Waals surface area contributed by atoms with Gasteiger partial charge in [0.2, 0.25) is 5.91 Å². The van der Waals surface area contributed by atoms with E-state index in [0.717, 1.165) is 70.7 Å². The number of amides is 1. The van der Waals surface area contributed by atoms with Gasteiger partial charge in [-0.2, -0.15) is 0 Å². The molecule has 0 spiro atoms. The molecule has 0 atom stereocenters. The number of halogens is 1. The predicted molar refractivity (Wildman–Crippen MR) is 116 cm³/mol. The summed E-state index contributed by atoms with van der Waals surface area (Å²) in [6, 6.07) is 0.365. The Hall–Kier alpha value is -0.610. The molecule has 1 heterocycles. The second kappa shape index (κ2) is 12.0. The topological polar surface area (TPSA) is 89.0 Å². The van der Waals surface area contributed by atoms with E-state index in [0.29, 0.717) is 19.1 Å². The Morgan fingerprint density at radius 1 is 1.23 bits per heavy atom. The molecular formula is C18H36IN5O2. The number of carbonyl (C=O) groups excluding carboxylic acids is 1. The molecule has 0 unspecified atom stereocenters. The maximum atomic E-state index is 11.8. The summed E-state index contributed by atoms with van der Waals surface area (Å²) < 4.78 is 0. The first-order valence-corrected chi connectivity index (χ1v) is 9.81. The predicted octanol–water partition coefficient (Wildman–Crippen LogP) is 1.07. The number of hydrogen-bond acceptors (Lipinski definition) is 4. The molecule has 0 aromatic heterocycles. The summed E-state index contributed by atoms with van der Waals surface area (Å²) in [5.74, 6) is 0.916.